The number of benzene rings is 1. The van der Waals surface area contributed by atoms with E-state index in [1.54, 1.807) is 0 Å². The maximum Gasteiger partial charge on any atom is 0.416 e. The lowest BCUT2D eigenvalue weighted by Gasteiger charge is -2.34. The van der Waals surface area contributed by atoms with Crippen LogP contribution in [0.4, 0.5) is 13.2 Å². The van der Waals surface area contributed by atoms with Gasteiger partial charge in [-0.25, -0.2) is 0 Å². The minimum Gasteiger partial charge on any atom is -0.367 e. The van der Waals surface area contributed by atoms with Gasteiger partial charge in [-0.15, -0.1) is 0 Å². The number of rotatable bonds is 3. The van der Waals surface area contributed by atoms with Crippen molar-refractivity contribution in [1.29, 1.82) is 0 Å². The summed E-state index contributed by atoms with van der Waals surface area (Å²) >= 11 is 0. The predicted molar refractivity (Wildman–Crippen MR) is 72.2 cm³/mol. The van der Waals surface area contributed by atoms with Gasteiger partial charge in [0.1, 0.15) is 6.10 Å². The minimum absolute atomic E-state index is 0.0421. The Kier molecular flexibility index (Phi) is 4.68. The highest BCUT2D eigenvalue weighted by Gasteiger charge is 2.33. The molecular weight excluding hydrogens is 283 g/mol. The fourth-order valence-corrected chi connectivity index (χ4v) is 2.33. The van der Waals surface area contributed by atoms with Gasteiger partial charge in [-0.3, -0.25) is 9.69 Å². The number of carbonyl (C=O) groups is 1. The molecule has 0 N–H and O–H groups in total. The first-order chi connectivity index (χ1) is 9.79. The first-order valence-electron chi connectivity index (χ1n) is 6.86. The molecule has 1 aliphatic rings. The minimum atomic E-state index is -4.45. The van der Waals surface area contributed by atoms with Gasteiger partial charge >= 0.3 is 6.18 Å². The summed E-state index contributed by atoms with van der Waals surface area (Å²) in [5, 5.41) is 0. The van der Waals surface area contributed by atoms with E-state index >= 15 is 0 Å². The van der Waals surface area contributed by atoms with Gasteiger partial charge < -0.3 is 4.74 Å². The zero-order chi connectivity index (χ0) is 15.6. The molecule has 2 rings (SSSR count). The number of carbonyl (C=O) groups excluding carboxylic acids is 1. The van der Waals surface area contributed by atoms with Crippen molar-refractivity contribution >= 4 is 5.78 Å². The van der Waals surface area contributed by atoms with Crippen LogP contribution in [0.5, 0.6) is 0 Å². The van der Waals surface area contributed by atoms with Crippen molar-refractivity contribution < 1.29 is 22.7 Å². The number of nitrogens with zero attached hydrogens (tertiary/aromatic N) is 1. The average Bonchev–Trinajstić information content (AvgIpc) is 2.46. The summed E-state index contributed by atoms with van der Waals surface area (Å²) in [5.74, 6) is -0.397. The first kappa shape index (κ1) is 16.0. The maximum atomic E-state index is 12.7. The molecule has 0 aromatic heterocycles. The zero-order valence-electron chi connectivity index (χ0n) is 12.0. The Morgan fingerprint density at radius 3 is 2.71 bits per heavy atom. The third kappa shape index (κ3) is 3.83. The van der Waals surface area contributed by atoms with Gasteiger partial charge in [0.25, 0.3) is 0 Å². The molecule has 1 heterocycles. The molecule has 1 atom stereocenters. The lowest BCUT2D eigenvalue weighted by molar-refractivity contribution is -0.137. The van der Waals surface area contributed by atoms with Crippen molar-refractivity contribution in [2.45, 2.75) is 32.2 Å². The Hall–Kier alpha value is -1.40. The molecule has 1 aliphatic heterocycles. The molecule has 0 radical (unpaired) electrons. The Bertz CT molecular complexity index is 514. The zero-order valence-corrected chi connectivity index (χ0v) is 12.0. The van der Waals surface area contributed by atoms with Gasteiger partial charge in [0, 0.05) is 24.7 Å². The van der Waals surface area contributed by atoms with Crippen LogP contribution in [0.25, 0.3) is 0 Å². The monoisotopic (exact) mass is 301 g/mol. The van der Waals surface area contributed by atoms with Crippen molar-refractivity contribution in [2.75, 3.05) is 19.7 Å². The van der Waals surface area contributed by atoms with Crippen LogP contribution in [-0.4, -0.2) is 42.5 Å². The van der Waals surface area contributed by atoms with Gasteiger partial charge in [0.05, 0.1) is 12.2 Å². The molecule has 21 heavy (non-hydrogen) atoms. The van der Waals surface area contributed by atoms with Crippen LogP contribution < -0.4 is 0 Å². The Morgan fingerprint density at radius 1 is 1.38 bits per heavy atom. The summed E-state index contributed by atoms with van der Waals surface area (Å²) in [5.41, 5.74) is -0.773. The van der Waals surface area contributed by atoms with Gasteiger partial charge in [-0.2, -0.15) is 13.2 Å². The fourth-order valence-electron chi connectivity index (χ4n) is 2.33. The molecule has 1 fully saturated rings. The van der Waals surface area contributed by atoms with E-state index in [0.717, 1.165) is 18.7 Å². The van der Waals surface area contributed by atoms with Gasteiger partial charge in [-0.05, 0) is 26.0 Å². The number of ketones is 1. The first-order valence-corrected chi connectivity index (χ1v) is 6.86. The van der Waals surface area contributed by atoms with Gasteiger partial charge in [0.2, 0.25) is 0 Å². The van der Waals surface area contributed by atoms with E-state index in [2.05, 4.69) is 4.90 Å². The molecule has 0 saturated carbocycles. The van der Waals surface area contributed by atoms with Crippen molar-refractivity contribution in [3.8, 4) is 0 Å². The van der Waals surface area contributed by atoms with Crippen LogP contribution in [0.1, 0.15) is 29.8 Å². The number of hydrogen-bond acceptors (Lipinski definition) is 3. The van der Waals surface area contributed by atoms with Crippen molar-refractivity contribution in [1.82, 2.24) is 4.90 Å². The largest absolute Gasteiger partial charge is 0.416 e. The summed E-state index contributed by atoms with van der Waals surface area (Å²) in [4.78, 5) is 14.4. The molecule has 3 nitrogen and oxygen atoms in total. The summed E-state index contributed by atoms with van der Waals surface area (Å²) in [6.07, 6.45) is -5.15. The Balaban J connectivity index is 2.16. The molecule has 1 aromatic carbocycles. The molecule has 6 heteroatoms. The van der Waals surface area contributed by atoms with Crippen LogP contribution >= 0.6 is 0 Å². The normalized spacial score (nSPS) is 20.8. The molecule has 0 bridgehead atoms. The Labute approximate surface area is 121 Å². The standard InChI is InChI=1S/C15H18F3NO2/c1-10(2)19-6-7-21-13(9-19)14(20)11-4-3-5-12(8-11)15(16,17)18/h3-5,8,10,13H,6-7,9H2,1-2H3. The second-order valence-electron chi connectivity index (χ2n) is 5.39. The number of halogens is 3. The highest BCUT2D eigenvalue weighted by atomic mass is 19.4. The quantitative estimate of drug-likeness (QED) is 0.804. The lowest BCUT2D eigenvalue weighted by atomic mass is 10.0. The summed E-state index contributed by atoms with van der Waals surface area (Å²) in [7, 11) is 0. The van der Waals surface area contributed by atoms with Crippen LogP contribution in [0.3, 0.4) is 0 Å². The number of alkyl halides is 3. The van der Waals surface area contributed by atoms with Crippen molar-refractivity contribution in [3.63, 3.8) is 0 Å². The fraction of sp³-hybridized carbons (Fsp3) is 0.533. The van der Waals surface area contributed by atoms with E-state index in [4.69, 9.17) is 4.74 Å². The van der Waals surface area contributed by atoms with Crippen molar-refractivity contribution in [2.24, 2.45) is 0 Å². The molecule has 116 valence electrons. The third-order valence-corrected chi connectivity index (χ3v) is 3.60. The number of morpholine rings is 1. The second-order valence-corrected chi connectivity index (χ2v) is 5.39. The Morgan fingerprint density at radius 2 is 2.10 bits per heavy atom. The predicted octanol–water partition coefficient (Wildman–Crippen LogP) is 3.00. The smallest absolute Gasteiger partial charge is 0.367 e. The summed E-state index contributed by atoms with van der Waals surface area (Å²) < 4.78 is 43.5. The number of ether oxygens (including phenoxy) is 1. The van der Waals surface area contributed by atoms with Crippen LogP contribution in [-0.2, 0) is 10.9 Å². The molecular formula is C15H18F3NO2. The second kappa shape index (κ2) is 6.15. The van der Waals surface area contributed by atoms with Gasteiger partial charge in [0.15, 0.2) is 5.78 Å². The topological polar surface area (TPSA) is 29.5 Å². The molecule has 0 spiro atoms. The van der Waals surface area contributed by atoms with E-state index in [1.165, 1.54) is 12.1 Å². The molecule has 0 amide bonds. The molecule has 0 aliphatic carbocycles. The molecule has 1 unspecified atom stereocenters. The average molecular weight is 301 g/mol. The van der Waals surface area contributed by atoms with Crippen LogP contribution in [0.15, 0.2) is 24.3 Å². The van der Waals surface area contributed by atoms with Crippen molar-refractivity contribution in [3.05, 3.63) is 35.4 Å². The lowest BCUT2D eigenvalue weighted by Crippen LogP contribution is -2.48. The number of Topliss-reactive ketones (excluding diaryl/α,β-unsaturated/α-hetero) is 1. The van der Waals surface area contributed by atoms with E-state index in [9.17, 15) is 18.0 Å². The van der Waals surface area contributed by atoms with E-state index < -0.39 is 23.6 Å². The van der Waals surface area contributed by atoms with E-state index in [-0.39, 0.29) is 11.6 Å². The SMILES string of the molecule is CC(C)N1CCOC(C(=O)c2cccc(C(F)(F)F)c2)C1. The van der Waals surface area contributed by atoms with E-state index in [0.29, 0.717) is 13.2 Å². The van der Waals surface area contributed by atoms with Crippen LogP contribution in [0, 0.1) is 0 Å². The highest BCUT2D eigenvalue weighted by molar-refractivity contribution is 5.99. The summed E-state index contributed by atoms with van der Waals surface area (Å²) in [6.45, 7) is 5.57. The summed E-state index contributed by atoms with van der Waals surface area (Å²) in [6, 6.07) is 4.76. The van der Waals surface area contributed by atoms with Crippen LogP contribution in [0.2, 0.25) is 0 Å². The maximum absolute atomic E-state index is 12.7. The van der Waals surface area contributed by atoms with E-state index in [1.807, 2.05) is 13.8 Å². The highest BCUT2D eigenvalue weighted by Crippen LogP contribution is 2.30. The molecule has 1 saturated heterocycles. The number of hydrogen-bond donors (Lipinski definition) is 0. The third-order valence-electron chi connectivity index (χ3n) is 3.60. The van der Waals surface area contributed by atoms with Gasteiger partial charge in [-0.1, -0.05) is 12.1 Å². The molecule has 1 aromatic rings.